The molecule has 0 fully saturated rings. The second-order valence-electron chi connectivity index (χ2n) is 19.6. The first-order valence-corrected chi connectivity index (χ1v) is 24.0. The molecule has 0 bridgehead atoms. The molecule has 0 aliphatic carbocycles. The number of hydrogen-bond donors (Lipinski definition) is 0. The average molecular weight is 951 g/mol. The summed E-state index contributed by atoms with van der Waals surface area (Å²) in [7, 11) is 210. The van der Waals surface area contributed by atoms with Gasteiger partial charge in [0.25, 0.3) is 0 Å². The van der Waals surface area contributed by atoms with Gasteiger partial charge in [0.2, 0.25) is 0 Å². The molecule has 0 spiro atoms. The predicted octanol–water partition coefficient (Wildman–Crippen LogP) is -21.2. The summed E-state index contributed by atoms with van der Waals surface area (Å²) in [6.07, 6.45) is 6.25. The molecule has 9 aromatic carbocycles. The molecular weight excluding hydrogens is 948 g/mol. The van der Waals surface area contributed by atoms with E-state index in [4.69, 9.17) is 250 Å². The summed E-state index contributed by atoms with van der Waals surface area (Å²) in [6.45, 7) is 0. The summed E-state index contributed by atoms with van der Waals surface area (Å²) < 4.78 is 0. The fraction of sp³-hybridized carbons (Fsp3) is 0.0196. The second-order valence-corrected chi connectivity index (χ2v) is 19.6. The Labute approximate surface area is 520 Å². The first-order chi connectivity index (χ1) is 38.2. The van der Waals surface area contributed by atoms with E-state index in [1.165, 1.54) is 0 Å². The molecule has 9 aromatic rings. The lowest BCUT2D eigenvalue weighted by Crippen LogP contribution is -2.56. The highest BCUT2D eigenvalue weighted by Gasteiger charge is 2.32. The molecular formula is C51H3B31. The maximum Gasteiger partial charge on any atom is 0.115 e. The van der Waals surface area contributed by atoms with Crippen molar-refractivity contribution >= 4 is 445 Å². The van der Waals surface area contributed by atoms with E-state index >= 15 is 0 Å². The van der Waals surface area contributed by atoms with Gasteiger partial charge in [-0.25, -0.2) is 0 Å². The van der Waals surface area contributed by atoms with Crippen LogP contribution in [-0.4, -0.2) is 243 Å². The molecule has 62 radical (unpaired) electrons. The molecule has 82 heavy (non-hydrogen) atoms. The third kappa shape index (κ3) is 8.35. The molecule has 0 saturated heterocycles. The summed E-state index contributed by atoms with van der Waals surface area (Å²) >= 11 is 0. The van der Waals surface area contributed by atoms with Crippen molar-refractivity contribution in [2.75, 3.05) is 0 Å². The van der Waals surface area contributed by atoms with Crippen LogP contribution in [0.25, 0.3) is 93.1 Å². The van der Waals surface area contributed by atoms with E-state index in [9.17, 15) is 0 Å². The Bertz CT molecular complexity index is 4550. The van der Waals surface area contributed by atoms with Crippen LogP contribution in [0.15, 0.2) is 5.47 Å². The maximum atomic E-state index is 7.35. The third-order valence-corrected chi connectivity index (χ3v) is 15.6. The first kappa shape index (κ1) is 61.9. The van der Waals surface area contributed by atoms with E-state index in [0.717, 1.165) is 0 Å². The van der Waals surface area contributed by atoms with Gasteiger partial charge in [0.15, 0.2) is 0 Å². The summed E-state index contributed by atoms with van der Waals surface area (Å²) in [5, 5.41) is 0.0255. The molecule has 0 saturated carbocycles. The van der Waals surface area contributed by atoms with Gasteiger partial charge in [-0.05, 0) is 87.6 Å². The standard InChI is InChI=1S/C51H3B31/c1-2-4-6(13-24(55)15-11(27(58)31(13)62)12-16(35(66)34(15)65)25(56)18(36(67)28(12)59)22-43(74)49(80)51(82)50(81)44(22)75)9-10(30(61)46(77)45(76)29(9)60)8(7(4)23(54)5(53)3-52)14-32(63)38(69)20(39(70)33(14)64)17-26(57)19-21(40(71)37(17)68)42(73)48(79)47(78)41(19)72/h1H,3H2/b23-5-. The number of allylic oxidation sites excluding steroid dienone is 1. The van der Waals surface area contributed by atoms with Gasteiger partial charge < -0.3 is 0 Å². The molecule has 0 aliphatic rings. The largest absolute Gasteiger partial charge is 0.132 e. The van der Waals surface area contributed by atoms with Gasteiger partial charge in [-0.1, -0.05) is 132 Å². The monoisotopic (exact) mass is 956 g/mol. The Morgan fingerprint density at radius 1 is 0.232 bits per heavy atom. The summed E-state index contributed by atoms with van der Waals surface area (Å²) in [4.78, 5) is 0. The summed E-state index contributed by atoms with van der Waals surface area (Å²) in [5.41, 5.74) is -6.59. The Kier molecular flexibility index (Phi) is 16.4. The van der Waals surface area contributed by atoms with Crippen LogP contribution in [0.4, 0.5) is 0 Å². The van der Waals surface area contributed by atoms with Crippen molar-refractivity contribution in [3.63, 3.8) is 0 Å². The lowest BCUT2D eigenvalue weighted by Gasteiger charge is -2.33. The normalized spacial score (nSPS) is 11.9. The predicted molar refractivity (Wildman–Crippen MR) is 386 cm³/mol. The Morgan fingerprint density at radius 3 is 0.768 bits per heavy atom. The van der Waals surface area contributed by atoms with E-state index in [2.05, 4.69) is 5.92 Å². The van der Waals surface area contributed by atoms with Gasteiger partial charge in [-0.3, -0.25) is 0 Å². The minimum atomic E-state index is -0.367. The van der Waals surface area contributed by atoms with Crippen molar-refractivity contribution in [3.8, 4) is 56.9 Å². The summed E-state index contributed by atoms with van der Waals surface area (Å²) in [5.74, 6) is 2.69. The lowest BCUT2D eigenvalue weighted by atomic mass is 9.55. The van der Waals surface area contributed by atoms with Crippen LogP contribution in [0.2, 0.25) is 6.32 Å². The Hall–Kier alpha value is -4.67. The minimum absolute atomic E-state index is 0.00439. The van der Waals surface area contributed by atoms with Crippen molar-refractivity contribution in [2.24, 2.45) is 0 Å². The molecule has 0 N–H and O–H groups in total. The number of terminal acetylenes is 1. The molecule has 31 heteroatoms. The SMILES string of the molecule is [B]C/C([B])=C(/[B])c1c(C#C)c(-c2c([B])c([B])c3c(c2[B])c([B])c([B])c2c([B])c(-c4c([B])c([B])c([B])c([B])c4[B])c([B])c([B])c23)c2c([B])c([B])c([B])c([B])c2c1-c1c([B])c([B])c(-c2c([B])c([B])c3c([B])c([B])c([B])c([B])c3c2[B])c([B])c1[B]. The zero-order valence-corrected chi connectivity index (χ0v) is 43.7. The Morgan fingerprint density at radius 2 is 0.427 bits per heavy atom. The van der Waals surface area contributed by atoms with E-state index in [1.54, 1.807) is 0 Å². The molecule has 0 aromatic heterocycles. The fourth-order valence-electron chi connectivity index (χ4n) is 11.2. The van der Waals surface area contributed by atoms with Crippen LogP contribution in [0.3, 0.4) is 0 Å². The van der Waals surface area contributed by atoms with Gasteiger partial charge in [-0.15, -0.1) is 50.1 Å². The molecule has 0 heterocycles. The van der Waals surface area contributed by atoms with Gasteiger partial charge in [0, 0.05) is 11.1 Å². The third-order valence-electron chi connectivity index (χ3n) is 15.6. The molecule has 0 atom stereocenters. The number of rotatable bonds is 6. The van der Waals surface area contributed by atoms with E-state index in [0.29, 0.717) is 0 Å². The number of benzene rings is 9. The molecule has 0 nitrogen and oxygen atoms in total. The first-order valence-electron chi connectivity index (χ1n) is 24.0. The van der Waals surface area contributed by atoms with Crippen molar-refractivity contribution in [3.05, 3.63) is 16.6 Å². The van der Waals surface area contributed by atoms with Crippen LogP contribution < -0.4 is 153 Å². The topological polar surface area (TPSA) is 0 Å². The second kappa shape index (κ2) is 21.7. The zero-order valence-electron chi connectivity index (χ0n) is 43.7. The quantitative estimate of drug-likeness (QED) is 0.0885. The van der Waals surface area contributed by atoms with Crippen LogP contribution in [0.1, 0.15) is 11.1 Å². The van der Waals surface area contributed by atoms with Gasteiger partial charge in [-0.2, -0.15) is 0 Å². The highest BCUT2D eigenvalue weighted by molar-refractivity contribution is 6.78. The van der Waals surface area contributed by atoms with Crippen LogP contribution in [-0.2, 0) is 0 Å². The average Bonchev–Trinajstić information content (AvgIpc) is 2.89. The summed E-state index contributed by atoms with van der Waals surface area (Å²) in [6, 6.07) is 0. The van der Waals surface area contributed by atoms with Crippen molar-refractivity contribution in [1.29, 1.82) is 0 Å². The van der Waals surface area contributed by atoms with E-state index in [-0.39, 0.29) is 269 Å². The molecule has 300 valence electrons. The van der Waals surface area contributed by atoms with E-state index in [1.807, 2.05) is 0 Å². The molecule has 0 unspecified atom stereocenters. The molecule has 9 rings (SSSR count). The van der Waals surface area contributed by atoms with Gasteiger partial charge in [0.1, 0.15) is 235 Å². The molecule has 0 amide bonds. The van der Waals surface area contributed by atoms with Crippen molar-refractivity contribution in [2.45, 2.75) is 6.32 Å². The van der Waals surface area contributed by atoms with Gasteiger partial charge in [0.05, 0.1) is 7.85 Å². The Balaban J connectivity index is 1.49. The van der Waals surface area contributed by atoms with Crippen LogP contribution in [0, 0.1) is 12.3 Å². The van der Waals surface area contributed by atoms with Gasteiger partial charge >= 0.3 is 0 Å². The van der Waals surface area contributed by atoms with Crippen LogP contribution >= 0.6 is 0 Å². The van der Waals surface area contributed by atoms with Crippen molar-refractivity contribution < 1.29 is 0 Å². The van der Waals surface area contributed by atoms with Crippen LogP contribution in [0.5, 0.6) is 0 Å². The zero-order chi connectivity index (χ0) is 61.1. The lowest BCUT2D eigenvalue weighted by molar-refractivity contribution is 1.59. The smallest absolute Gasteiger partial charge is 0.115 e. The number of hydrogen-bond acceptors (Lipinski definition) is 0. The highest BCUT2D eigenvalue weighted by atomic mass is 14.3. The maximum absolute atomic E-state index is 7.35. The minimum Gasteiger partial charge on any atom is -0.132 e. The fourth-order valence-corrected chi connectivity index (χ4v) is 11.2. The highest BCUT2D eigenvalue weighted by Crippen LogP contribution is 2.42. The van der Waals surface area contributed by atoms with Crippen molar-refractivity contribution in [1.82, 2.24) is 0 Å². The number of fused-ring (bicyclic) bond motifs is 5. The van der Waals surface area contributed by atoms with E-state index < -0.39 is 0 Å². The molecule has 0 aliphatic heterocycles.